The Morgan fingerprint density at radius 2 is 2.28 bits per heavy atom. The maximum Gasteiger partial charge on any atom is 0.271 e. The fourth-order valence-electron chi connectivity index (χ4n) is 1.30. The lowest BCUT2D eigenvalue weighted by Gasteiger charge is -2.04. The smallest absolute Gasteiger partial charge is 0.271 e. The van der Waals surface area contributed by atoms with E-state index in [0.29, 0.717) is 18.9 Å². The molecular formula is C10H13N7O. The molecule has 0 fully saturated rings. The van der Waals surface area contributed by atoms with Gasteiger partial charge in [-0.05, 0) is 0 Å². The summed E-state index contributed by atoms with van der Waals surface area (Å²) in [6.45, 7) is 1.02. The van der Waals surface area contributed by atoms with Gasteiger partial charge in [-0.25, -0.2) is 9.97 Å². The third-order valence-electron chi connectivity index (χ3n) is 2.24. The third kappa shape index (κ3) is 3.00. The summed E-state index contributed by atoms with van der Waals surface area (Å²) in [7, 11) is 1.74. The van der Waals surface area contributed by atoms with Crippen LogP contribution < -0.4 is 10.6 Å². The molecule has 0 bridgehead atoms. The molecule has 2 aromatic rings. The lowest BCUT2D eigenvalue weighted by Crippen LogP contribution is -2.28. The Hall–Kier alpha value is -2.51. The van der Waals surface area contributed by atoms with Crippen LogP contribution >= 0.6 is 0 Å². The Morgan fingerprint density at radius 3 is 2.89 bits per heavy atom. The molecule has 2 N–H and O–H groups in total. The first kappa shape index (κ1) is 12.0. The molecule has 2 aromatic heterocycles. The second-order valence-corrected chi connectivity index (χ2v) is 3.46. The second-order valence-electron chi connectivity index (χ2n) is 3.46. The zero-order chi connectivity index (χ0) is 12.8. The average Bonchev–Trinajstić information content (AvgIpc) is 2.92. The molecule has 0 aromatic carbocycles. The number of nitrogens with one attached hydrogen (secondary N) is 2. The van der Waals surface area contributed by atoms with Crippen molar-refractivity contribution in [2.24, 2.45) is 0 Å². The Labute approximate surface area is 103 Å². The lowest BCUT2D eigenvalue weighted by molar-refractivity contribution is 0.0946. The molecular weight excluding hydrogens is 234 g/mol. The van der Waals surface area contributed by atoms with Crippen molar-refractivity contribution >= 4 is 11.7 Å². The summed E-state index contributed by atoms with van der Waals surface area (Å²) in [5.74, 6) is 0.361. The van der Waals surface area contributed by atoms with Gasteiger partial charge in [0.2, 0.25) is 0 Å². The van der Waals surface area contributed by atoms with Gasteiger partial charge in [0.1, 0.15) is 11.5 Å². The molecule has 0 saturated carbocycles. The van der Waals surface area contributed by atoms with Crippen molar-refractivity contribution in [1.82, 2.24) is 30.3 Å². The minimum absolute atomic E-state index is 0.259. The van der Waals surface area contributed by atoms with E-state index in [1.807, 2.05) is 0 Å². The van der Waals surface area contributed by atoms with Crippen molar-refractivity contribution in [3.8, 4) is 0 Å². The van der Waals surface area contributed by atoms with Gasteiger partial charge in [0, 0.05) is 19.8 Å². The van der Waals surface area contributed by atoms with Gasteiger partial charge in [-0.3, -0.25) is 9.48 Å². The third-order valence-corrected chi connectivity index (χ3v) is 2.24. The summed E-state index contributed by atoms with van der Waals surface area (Å²) in [4.78, 5) is 19.7. The van der Waals surface area contributed by atoms with E-state index in [1.165, 1.54) is 12.4 Å². The van der Waals surface area contributed by atoms with Gasteiger partial charge in [0.25, 0.3) is 5.91 Å². The molecule has 0 aliphatic heterocycles. The van der Waals surface area contributed by atoms with Crippen LogP contribution in [0.1, 0.15) is 10.5 Å². The summed E-state index contributed by atoms with van der Waals surface area (Å²) in [5, 5.41) is 13.0. The van der Waals surface area contributed by atoms with E-state index in [0.717, 1.165) is 0 Å². The highest BCUT2D eigenvalue weighted by molar-refractivity contribution is 5.91. The molecule has 8 heteroatoms. The fraction of sp³-hybridized carbons (Fsp3) is 0.300. The quantitative estimate of drug-likeness (QED) is 0.742. The van der Waals surface area contributed by atoms with E-state index < -0.39 is 0 Å². The fourth-order valence-corrected chi connectivity index (χ4v) is 1.30. The Kier molecular flexibility index (Phi) is 3.79. The first-order valence-electron chi connectivity index (χ1n) is 5.41. The van der Waals surface area contributed by atoms with Crippen LogP contribution in [0, 0.1) is 0 Å². The SMILES string of the molecule is CNc1cnc(C(=O)NCCn2ccnn2)cn1. The van der Waals surface area contributed by atoms with Crippen LogP contribution in [0.2, 0.25) is 0 Å². The van der Waals surface area contributed by atoms with E-state index >= 15 is 0 Å². The molecule has 2 rings (SSSR count). The summed E-state index contributed by atoms with van der Waals surface area (Å²) in [5.41, 5.74) is 0.285. The maximum absolute atomic E-state index is 11.7. The summed E-state index contributed by atoms with van der Waals surface area (Å²) in [6, 6.07) is 0. The van der Waals surface area contributed by atoms with E-state index in [4.69, 9.17) is 0 Å². The summed E-state index contributed by atoms with van der Waals surface area (Å²) in [6.07, 6.45) is 6.25. The van der Waals surface area contributed by atoms with E-state index in [1.54, 1.807) is 24.1 Å². The Bertz CT molecular complexity index is 493. The number of anilines is 1. The van der Waals surface area contributed by atoms with Crippen molar-refractivity contribution in [1.29, 1.82) is 0 Å². The van der Waals surface area contributed by atoms with Crippen LogP contribution in [0.15, 0.2) is 24.8 Å². The molecule has 18 heavy (non-hydrogen) atoms. The Morgan fingerprint density at radius 1 is 1.39 bits per heavy atom. The van der Waals surface area contributed by atoms with Crippen LogP contribution in [-0.2, 0) is 6.54 Å². The summed E-state index contributed by atoms with van der Waals surface area (Å²) < 4.78 is 1.63. The Balaban J connectivity index is 1.83. The van der Waals surface area contributed by atoms with Crippen molar-refractivity contribution in [2.45, 2.75) is 6.54 Å². The van der Waals surface area contributed by atoms with Crippen LogP contribution in [0.25, 0.3) is 0 Å². The second kappa shape index (κ2) is 5.71. The lowest BCUT2D eigenvalue weighted by atomic mass is 10.4. The molecule has 2 heterocycles. The topological polar surface area (TPSA) is 97.6 Å². The molecule has 1 amide bonds. The van der Waals surface area contributed by atoms with E-state index in [2.05, 4.69) is 30.9 Å². The van der Waals surface area contributed by atoms with Crippen molar-refractivity contribution in [3.05, 3.63) is 30.5 Å². The van der Waals surface area contributed by atoms with Crippen LogP contribution in [-0.4, -0.2) is 44.5 Å². The van der Waals surface area contributed by atoms with Gasteiger partial charge >= 0.3 is 0 Å². The van der Waals surface area contributed by atoms with Gasteiger partial charge in [-0.15, -0.1) is 5.10 Å². The minimum Gasteiger partial charge on any atom is -0.372 e. The van der Waals surface area contributed by atoms with Gasteiger partial charge in [-0.2, -0.15) is 0 Å². The van der Waals surface area contributed by atoms with Gasteiger partial charge < -0.3 is 10.6 Å². The number of amides is 1. The largest absolute Gasteiger partial charge is 0.372 e. The van der Waals surface area contributed by atoms with Gasteiger partial charge in [-0.1, -0.05) is 5.21 Å². The number of carbonyl (C=O) groups is 1. The van der Waals surface area contributed by atoms with E-state index in [-0.39, 0.29) is 11.6 Å². The van der Waals surface area contributed by atoms with Crippen LogP contribution in [0.3, 0.4) is 0 Å². The van der Waals surface area contributed by atoms with Gasteiger partial charge in [0.05, 0.1) is 25.1 Å². The number of hydrogen-bond donors (Lipinski definition) is 2. The monoisotopic (exact) mass is 247 g/mol. The molecule has 0 aliphatic rings. The first-order chi connectivity index (χ1) is 8.79. The minimum atomic E-state index is -0.259. The predicted molar refractivity (Wildman–Crippen MR) is 63.9 cm³/mol. The highest BCUT2D eigenvalue weighted by Crippen LogP contribution is 1.99. The normalized spacial score (nSPS) is 10.1. The highest BCUT2D eigenvalue weighted by atomic mass is 16.1. The van der Waals surface area contributed by atoms with E-state index in [9.17, 15) is 4.79 Å². The molecule has 0 radical (unpaired) electrons. The molecule has 0 aliphatic carbocycles. The number of rotatable bonds is 5. The number of carbonyl (C=O) groups excluding carboxylic acids is 1. The van der Waals surface area contributed by atoms with Crippen molar-refractivity contribution in [3.63, 3.8) is 0 Å². The predicted octanol–water partition coefficient (Wildman–Crippen LogP) is -0.460. The molecule has 0 unspecified atom stereocenters. The van der Waals surface area contributed by atoms with Gasteiger partial charge in [0.15, 0.2) is 0 Å². The average molecular weight is 247 g/mol. The summed E-state index contributed by atoms with van der Waals surface area (Å²) >= 11 is 0. The molecule has 0 spiro atoms. The van der Waals surface area contributed by atoms with Crippen LogP contribution in [0.5, 0.6) is 0 Å². The number of hydrogen-bond acceptors (Lipinski definition) is 6. The molecule has 94 valence electrons. The zero-order valence-corrected chi connectivity index (χ0v) is 9.87. The molecule has 0 saturated heterocycles. The highest BCUT2D eigenvalue weighted by Gasteiger charge is 2.06. The molecule has 8 nitrogen and oxygen atoms in total. The standard InChI is InChI=1S/C10H13N7O/c1-11-9-7-13-8(6-14-9)10(18)12-2-4-17-5-3-15-16-17/h3,5-7H,2,4H2,1H3,(H,11,14)(H,12,18). The molecule has 0 atom stereocenters. The zero-order valence-electron chi connectivity index (χ0n) is 9.87. The van der Waals surface area contributed by atoms with Crippen molar-refractivity contribution in [2.75, 3.05) is 18.9 Å². The maximum atomic E-state index is 11.7. The number of nitrogens with zero attached hydrogens (tertiary/aromatic N) is 5. The van der Waals surface area contributed by atoms with Crippen LogP contribution in [0.4, 0.5) is 5.82 Å². The number of aromatic nitrogens is 5. The van der Waals surface area contributed by atoms with Crippen molar-refractivity contribution < 1.29 is 4.79 Å². The first-order valence-corrected chi connectivity index (χ1v) is 5.41.